The summed E-state index contributed by atoms with van der Waals surface area (Å²) in [6.45, 7) is 1.89. The fraction of sp³-hybridized carbons (Fsp3) is 0.0385. The zero-order valence-electron chi connectivity index (χ0n) is 17.7. The first kappa shape index (κ1) is 20.8. The van der Waals surface area contributed by atoms with Gasteiger partial charge in [0.05, 0.1) is 4.90 Å². The third kappa shape index (κ3) is 4.18. The summed E-state index contributed by atoms with van der Waals surface area (Å²) in [5.74, 6) is -0.233. The van der Waals surface area contributed by atoms with Crippen LogP contribution in [0.5, 0.6) is 0 Å². The van der Waals surface area contributed by atoms with Crippen molar-refractivity contribution < 1.29 is 17.6 Å². The number of nitrogens with one attached hydrogen (secondary N) is 2. The Labute approximate surface area is 190 Å². The number of hydrogen-bond donors (Lipinski definition) is 2. The van der Waals surface area contributed by atoms with Crippen LogP contribution in [0.25, 0.3) is 21.7 Å². The summed E-state index contributed by atoms with van der Waals surface area (Å²) in [5, 5.41) is 5.69. The van der Waals surface area contributed by atoms with E-state index in [9.17, 15) is 13.2 Å². The van der Waals surface area contributed by atoms with E-state index in [1.807, 2.05) is 49.4 Å². The molecule has 4 aromatic carbocycles. The van der Waals surface area contributed by atoms with Gasteiger partial charge in [-0.05, 0) is 71.8 Å². The van der Waals surface area contributed by atoms with Crippen LogP contribution in [-0.4, -0.2) is 14.3 Å². The van der Waals surface area contributed by atoms with Crippen LogP contribution in [0.15, 0.2) is 100 Å². The van der Waals surface area contributed by atoms with Gasteiger partial charge in [0.1, 0.15) is 5.58 Å². The van der Waals surface area contributed by atoms with Gasteiger partial charge >= 0.3 is 0 Å². The van der Waals surface area contributed by atoms with Crippen LogP contribution < -0.4 is 10.0 Å². The Bertz CT molecular complexity index is 1600. The molecule has 0 aliphatic rings. The number of benzene rings is 4. The molecule has 1 heterocycles. The number of anilines is 2. The molecule has 33 heavy (non-hydrogen) atoms. The molecular formula is C26H20N2O4S. The van der Waals surface area contributed by atoms with E-state index in [-0.39, 0.29) is 10.7 Å². The van der Waals surface area contributed by atoms with Crippen molar-refractivity contribution in [1.29, 1.82) is 0 Å². The molecule has 0 atom stereocenters. The summed E-state index contributed by atoms with van der Waals surface area (Å²) in [7, 11) is -3.75. The summed E-state index contributed by atoms with van der Waals surface area (Å²) in [6, 6.07) is 26.5. The van der Waals surface area contributed by atoms with Crippen LogP contribution in [0, 0.1) is 6.92 Å². The molecule has 164 valence electrons. The van der Waals surface area contributed by atoms with E-state index in [2.05, 4.69) is 10.0 Å². The van der Waals surface area contributed by atoms with Gasteiger partial charge in [0.2, 0.25) is 0 Å². The monoisotopic (exact) mass is 456 g/mol. The maximum absolute atomic E-state index is 12.7. The molecule has 0 aliphatic carbocycles. The highest BCUT2D eigenvalue weighted by Gasteiger charge is 2.17. The molecule has 0 saturated heterocycles. The van der Waals surface area contributed by atoms with Crippen molar-refractivity contribution in [2.75, 3.05) is 10.0 Å². The lowest BCUT2D eigenvalue weighted by Gasteiger charge is -2.09. The van der Waals surface area contributed by atoms with E-state index in [1.54, 1.807) is 36.4 Å². The molecule has 0 aliphatic heterocycles. The van der Waals surface area contributed by atoms with Crippen molar-refractivity contribution in [3.8, 4) is 0 Å². The summed E-state index contributed by atoms with van der Waals surface area (Å²) in [5.41, 5.74) is 2.53. The van der Waals surface area contributed by atoms with Crippen LogP contribution in [0.1, 0.15) is 16.1 Å². The zero-order valence-corrected chi connectivity index (χ0v) is 18.5. The third-order valence-electron chi connectivity index (χ3n) is 5.34. The van der Waals surface area contributed by atoms with Crippen molar-refractivity contribution >= 4 is 49.0 Å². The summed E-state index contributed by atoms with van der Waals surface area (Å²) >= 11 is 0. The van der Waals surface area contributed by atoms with Crippen molar-refractivity contribution in [3.05, 3.63) is 102 Å². The van der Waals surface area contributed by atoms with E-state index in [0.29, 0.717) is 17.0 Å². The molecule has 5 aromatic rings. The highest BCUT2D eigenvalue weighted by Crippen LogP contribution is 2.28. The summed E-state index contributed by atoms with van der Waals surface area (Å²) in [4.78, 5) is 12.8. The second kappa shape index (κ2) is 8.11. The molecule has 0 unspecified atom stereocenters. The molecule has 0 spiro atoms. The Morgan fingerprint density at radius 3 is 2.36 bits per heavy atom. The van der Waals surface area contributed by atoms with Crippen molar-refractivity contribution in [1.82, 2.24) is 0 Å². The van der Waals surface area contributed by atoms with Gasteiger partial charge in [-0.3, -0.25) is 9.52 Å². The van der Waals surface area contributed by atoms with Gasteiger partial charge < -0.3 is 9.73 Å². The van der Waals surface area contributed by atoms with E-state index in [4.69, 9.17) is 4.42 Å². The second-order valence-corrected chi connectivity index (χ2v) is 9.45. The predicted octanol–water partition coefficient (Wildman–Crippen LogP) is 5.95. The van der Waals surface area contributed by atoms with E-state index in [0.717, 1.165) is 21.7 Å². The maximum atomic E-state index is 12.7. The molecule has 6 nitrogen and oxygen atoms in total. The minimum absolute atomic E-state index is 0.0946. The molecular weight excluding hydrogens is 436 g/mol. The Kier molecular flexibility index (Phi) is 5.11. The molecule has 0 bridgehead atoms. The number of carbonyl (C=O) groups is 1. The predicted molar refractivity (Wildman–Crippen MR) is 130 cm³/mol. The van der Waals surface area contributed by atoms with Crippen LogP contribution in [0.2, 0.25) is 0 Å². The number of sulfonamides is 1. The van der Waals surface area contributed by atoms with Gasteiger partial charge in [-0.1, -0.05) is 42.5 Å². The Balaban J connectivity index is 1.35. The number of carbonyl (C=O) groups excluding carboxylic acids is 1. The molecule has 5 rings (SSSR count). The Morgan fingerprint density at radius 2 is 1.58 bits per heavy atom. The molecule has 0 saturated carbocycles. The molecule has 2 N–H and O–H groups in total. The number of hydrogen-bond acceptors (Lipinski definition) is 4. The minimum atomic E-state index is -3.75. The number of amides is 1. The van der Waals surface area contributed by atoms with Crippen molar-refractivity contribution in [2.45, 2.75) is 11.8 Å². The lowest BCUT2D eigenvalue weighted by Crippen LogP contribution is -2.14. The first-order valence-electron chi connectivity index (χ1n) is 10.3. The van der Waals surface area contributed by atoms with Crippen LogP contribution >= 0.6 is 0 Å². The normalized spacial score (nSPS) is 11.5. The summed E-state index contributed by atoms with van der Waals surface area (Å²) < 4.78 is 33.6. The topological polar surface area (TPSA) is 88.4 Å². The zero-order chi connectivity index (χ0) is 23.0. The van der Waals surface area contributed by atoms with Crippen molar-refractivity contribution in [3.63, 3.8) is 0 Å². The van der Waals surface area contributed by atoms with Gasteiger partial charge in [-0.2, -0.15) is 0 Å². The van der Waals surface area contributed by atoms with Gasteiger partial charge in [0, 0.05) is 16.8 Å². The lowest BCUT2D eigenvalue weighted by molar-refractivity contribution is 0.0998. The Morgan fingerprint density at radius 1 is 0.788 bits per heavy atom. The van der Waals surface area contributed by atoms with E-state index in [1.165, 1.54) is 12.1 Å². The average molecular weight is 457 g/mol. The van der Waals surface area contributed by atoms with Gasteiger partial charge in [-0.15, -0.1) is 0 Å². The molecule has 1 aromatic heterocycles. The smallest absolute Gasteiger partial charge is 0.291 e. The van der Waals surface area contributed by atoms with Gasteiger partial charge in [-0.25, -0.2) is 8.42 Å². The standard InChI is InChI=1S/C26H20N2O4S/c1-17-5-4-7-20(15-17)28-33(30,31)21-12-10-19(11-13-21)27-26(29)25-16-23-22-8-3-2-6-18(22)9-14-24(23)32-25/h2-16,28H,1H3,(H,27,29). The maximum Gasteiger partial charge on any atom is 0.291 e. The SMILES string of the molecule is Cc1cccc(NS(=O)(=O)c2ccc(NC(=O)c3cc4c(ccc5ccccc54)o3)cc2)c1. The third-order valence-corrected chi connectivity index (χ3v) is 6.74. The fourth-order valence-electron chi connectivity index (χ4n) is 3.74. The fourth-order valence-corrected chi connectivity index (χ4v) is 4.79. The minimum Gasteiger partial charge on any atom is -0.451 e. The van der Waals surface area contributed by atoms with E-state index >= 15 is 0 Å². The quantitative estimate of drug-likeness (QED) is 0.342. The number of rotatable bonds is 5. The van der Waals surface area contributed by atoms with Gasteiger partial charge in [0.25, 0.3) is 15.9 Å². The average Bonchev–Trinajstić information content (AvgIpc) is 3.24. The highest BCUT2D eigenvalue weighted by atomic mass is 32.2. The van der Waals surface area contributed by atoms with Gasteiger partial charge in [0.15, 0.2) is 5.76 Å². The molecule has 0 radical (unpaired) electrons. The lowest BCUT2D eigenvalue weighted by atomic mass is 10.1. The van der Waals surface area contributed by atoms with E-state index < -0.39 is 15.9 Å². The highest BCUT2D eigenvalue weighted by molar-refractivity contribution is 7.92. The van der Waals surface area contributed by atoms with Crippen LogP contribution in [0.3, 0.4) is 0 Å². The molecule has 0 fully saturated rings. The number of aryl methyl sites for hydroxylation is 1. The summed E-state index contributed by atoms with van der Waals surface area (Å²) in [6.07, 6.45) is 0. The number of fused-ring (bicyclic) bond motifs is 3. The van der Waals surface area contributed by atoms with Crippen LogP contribution in [-0.2, 0) is 10.0 Å². The largest absolute Gasteiger partial charge is 0.451 e. The van der Waals surface area contributed by atoms with Crippen LogP contribution in [0.4, 0.5) is 11.4 Å². The molecule has 1 amide bonds. The van der Waals surface area contributed by atoms with Crippen molar-refractivity contribution in [2.24, 2.45) is 0 Å². The second-order valence-electron chi connectivity index (χ2n) is 7.76. The Hall–Kier alpha value is -4.10. The molecule has 7 heteroatoms. The number of furan rings is 1. The first-order valence-corrected chi connectivity index (χ1v) is 11.8. The first-order chi connectivity index (χ1) is 15.9.